The van der Waals surface area contributed by atoms with E-state index in [9.17, 15) is 0 Å². The van der Waals surface area contributed by atoms with Crippen LogP contribution in [0.15, 0.2) is 60.8 Å². The fraction of sp³-hybridized carbons (Fsp3) is 0.250. The van der Waals surface area contributed by atoms with Crippen LogP contribution in [0, 0.1) is 0 Å². The van der Waals surface area contributed by atoms with E-state index in [0.717, 1.165) is 23.7 Å². The minimum atomic E-state index is 0.153. The molecule has 0 unspecified atom stereocenters. The Balaban J connectivity index is 1.77. The maximum absolute atomic E-state index is 5.66. The summed E-state index contributed by atoms with van der Waals surface area (Å²) in [7, 11) is 0. The van der Waals surface area contributed by atoms with Crippen molar-refractivity contribution in [1.29, 1.82) is 0 Å². The molecule has 1 N–H and O–H groups in total. The molecule has 6 nitrogen and oxygen atoms in total. The molecule has 6 heteroatoms. The van der Waals surface area contributed by atoms with Gasteiger partial charge in [-0.15, -0.1) is 5.10 Å². The fourth-order valence-electron chi connectivity index (χ4n) is 2.55. The second kappa shape index (κ2) is 8.29. The third-order valence-electron chi connectivity index (χ3n) is 3.67. The lowest BCUT2D eigenvalue weighted by Crippen LogP contribution is -2.19. The van der Waals surface area contributed by atoms with Gasteiger partial charge in [-0.05, 0) is 57.2 Å². The molecule has 0 saturated heterocycles. The summed E-state index contributed by atoms with van der Waals surface area (Å²) < 4.78 is 5.66. The van der Waals surface area contributed by atoms with Crippen molar-refractivity contribution >= 4 is 23.1 Å². The molecule has 0 atom stereocenters. The molecule has 1 heterocycles. The van der Waals surface area contributed by atoms with Crippen molar-refractivity contribution in [3.05, 3.63) is 60.8 Å². The minimum absolute atomic E-state index is 0.153. The molecule has 26 heavy (non-hydrogen) atoms. The summed E-state index contributed by atoms with van der Waals surface area (Å²) >= 11 is 0. The molecule has 1 aromatic heterocycles. The van der Waals surface area contributed by atoms with E-state index in [1.54, 1.807) is 6.20 Å². The van der Waals surface area contributed by atoms with E-state index >= 15 is 0 Å². The number of anilines is 4. The van der Waals surface area contributed by atoms with Crippen LogP contribution in [-0.2, 0) is 0 Å². The van der Waals surface area contributed by atoms with Gasteiger partial charge in [-0.3, -0.25) is 0 Å². The lowest BCUT2D eigenvalue weighted by Gasteiger charge is -2.20. The number of para-hydroxylation sites is 1. The number of benzene rings is 2. The van der Waals surface area contributed by atoms with E-state index < -0.39 is 0 Å². The van der Waals surface area contributed by atoms with Gasteiger partial charge in [0.25, 0.3) is 5.95 Å². The first-order valence-electron chi connectivity index (χ1n) is 8.71. The van der Waals surface area contributed by atoms with Crippen LogP contribution in [0.5, 0.6) is 5.75 Å². The zero-order chi connectivity index (χ0) is 18.4. The number of aromatic nitrogens is 3. The molecule has 0 amide bonds. The number of nitrogens with one attached hydrogen (secondary N) is 1. The van der Waals surface area contributed by atoms with Gasteiger partial charge in [0.05, 0.1) is 12.3 Å². The molecule has 134 valence electrons. The van der Waals surface area contributed by atoms with Crippen LogP contribution in [0.1, 0.15) is 20.8 Å². The van der Waals surface area contributed by atoms with Crippen LogP contribution in [0.25, 0.3) is 0 Å². The molecular weight excluding hydrogens is 326 g/mol. The molecule has 0 aliphatic heterocycles. The van der Waals surface area contributed by atoms with Crippen molar-refractivity contribution in [3.8, 4) is 5.75 Å². The summed E-state index contributed by atoms with van der Waals surface area (Å²) in [5.74, 6) is 2.04. The Morgan fingerprint density at radius 3 is 2.42 bits per heavy atom. The topological polar surface area (TPSA) is 63.2 Å². The van der Waals surface area contributed by atoms with Crippen LogP contribution in [0.4, 0.5) is 23.1 Å². The monoisotopic (exact) mass is 349 g/mol. The van der Waals surface area contributed by atoms with Gasteiger partial charge in [-0.25, -0.2) is 0 Å². The van der Waals surface area contributed by atoms with Gasteiger partial charge in [0.15, 0.2) is 5.82 Å². The Kier molecular flexibility index (Phi) is 5.63. The summed E-state index contributed by atoms with van der Waals surface area (Å²) in [5.41, 5.74) is 1.94. The van der Waals surface area contributed by atoms with Gasteiger partial charge in [0.1, 0.15) is 5.75 Å². The highest BCUT2D eigenvalue weighted by molar-refractivity contribution is 5.60. The third kappa shape index (κ3) is 4.47. The van der Waals surface area contributed by atoms with Crippen molar-refractivity contribution < 1.29 is 4.74 Å². The quantitative estimate of drug-likeness (QED) is 0.674. The van der Waals surface area contributed by atoms with Crippen LogP contribution in [-0.4, -0.2) is 27.8 Å². The first kappa shape index (κ1) is 17.7. The van der Waals surface area contributed by atoms with Crippen LogP contribution < -0.4 is 15.0 Å². The normalized spacial score (nSPS) is 10.6. The largest absolute Gasteiger partial charge is 0.491 e. The molecule has 3 rings (SSSR count). The van der Waals surface area contributed by atoms with Crippen LogP contribution in [0.2, 0.25) is 0 Å². The number of hydrogen-bond acceptors (Lipinski definition) is 6. The molecule has 0 bridgehead atoms. The van der Waals surface area contributed by atoms with Gasteiger partial charge >= 0.3 is 0 Å². The molecule has 0 spiro atoms. The second-order valence-electron chi connectivity index (χ2n) is 6.04. The number of rotatable bonds is 7. The lowest BCUT2D eigenvalue weighted by molar-refractivity contribution is 0.242. The molecule has 0 fully saturated rings. The number of hydrogen-bond donors (Lipinski definition) is 1. The highest BCUT2D eigenvalue weighted by atomic mass is 16.5. The maximum atomic E-state index is 5.66. The van der Waals surface area contributed by atoms with Crippen molar-refractivity contribution in [2.24, 2.45) is 0 Å². The average molecular weight is 349 g/mol. The maximum Gasteiger partial charge on any atom is 0.251 e. The third-order valence-corrected chi connectivity index (χ3v) is 3.67. The van der Waals surface area contributed by atoms with Crippen LogP contribution in [0.3, 0.4) is 0 Å². The summed E-state index contributed by atoms with van der Waals surface area (Å²) in [6.07, 6.45) is 1.77. The van der Waals surface area contributed by atoms with Gasteiger partial charge in [0, 0.05) is 17.9 Å². The van der Waals surface area contributed by atoms with E-state index in [2.05, 4.69) is 27.4 Å². The standard InChI is InChI=1S/C20H23N5O/c1-4-25(17-8-6-5-7-9-17)20-23-19(14-21-24-20)22-16-10-12-18(13-11-16)26-15(2)3/h5-15H,4H2,1-3H3,(H,22,23,24). The Bertz CT molecular complexity index is 821. The second-order valence-corrected chi connectivity index (χ2v) is 6.04. The van der Waals surface area contributed by atoms with Crippen molar-refractivity contribution in [1.82, 2.24) is 15.2 Å². The van der Waals surface area contributed by atoms with Gasteiger partial charge in [0.2, 0.25) is 0 Å². The van der Waals surface area contributed by atoms with E-state index in [-0.39, 0.29) is 6.10 Å². The SMILES string of the molecule is CCN(c1ccccc1)c1nncc(Nc2ccc(OC(C)C)cc2)n1. The molecule has 0 saturated carbocycles. The van der Waals surface area contributed by atoms with E-state index in [0.29, 0.717) is 11.8 Å². The van der Waals surface area contributed by atoms with E-state index in [1.165, 1.54) is 0 Å². The Morgan fingerprint density at radius 2 is 1.77 bits per heavy atom. The molecule has 0 radical (unpaired) electrons. The molecule has 0 aliphatic rings. The minimum Gasteiger partial charge on any atom is -0.491 e. The molecule has 0 aliphatic carbocycles. The first-order chi connectivity index (χ1) is 12.7. The Morgan fingerprint density at radius 1 is 1.04 bits per heavy atom. The average Bonchev–Trinajstić information content (AvgIpc) is 2.65. The Labute approximate surface area is 153 Å². The fourth-order valence-corrected chi connectivity index (χ4v) is 2.55. The predicted octanol–water partition coefficient (Wildman–Crippen LogP) is 4.56. The van der Waals surface area contributed by atoms with Crippen molar-refractivity contribution in [2.75, 3.05) is 16.8 Å². The number of ether oxygens (including phenoxy) is 1. The summed E-state index contributed by atoms with van der Waals surface area (Å²) in [6, 6.07) is 17.8. The summed E-state index contributed by atoms with van der Waals surface area (Å²) in [4.78, 5) is 6.61. The lowest BCUT2D eigenvalue weighted by atomic mass is 10.3. The summed E-state index contributed by atoms with van der Waals surface area (Å²) in [5, 5.41) is 11.5. The first-order valence-corrected chi connectivity index (χ1v) is 8.71. The Hall–Kier alpha value is -3.15. The van der Waals surface area contributed by atoms with Crippen LogP contribution >= 0.6 is 0 Å². The zero-order valence-electron chi connectivity index (χ0n) is 15.3. The smallest absolute Gasteiger partial charge is 0.251 e. The number of nitrogens with zero attached hydrogens (tertiary/aromatic N) is 4. The van der Waals surface area contributed by atoms with Crippen molar-refractivity contribution in [3.63, 3.8) is 0 Å². The molecular formula is C20H23N5O. The summed E-state index contributed by atoms with van der Waals surface area (Å²) in [6.45, 7) is 6.82. The zero-order valence-corrected chi connectivity index (χ0v) is 15.3. The van der Waals surface area contributed by atoms with E-state index in [4.69, 9.17) is 4.74 Å². The van der Waals surface area contributed by atoms with Gasteiger partial charge in [-0.1, -0.05) is 18.2 Å². The molecule has 3 aromatic rings. The highest BCUT2D eigenvalue weighted by Crippen LogP contribution is 2.23. The van der Waals surface area contributed by atoms with Gasteiger partial charge < -0.3 is 15.0 Å². The van der Waals surface area contributed by atoms with Crippen molar-refractivity contribution in [2.45, 2.75) is 26.9 Å². The van der Waals surface area contributed by atoms with Gasteiger partial charge in [-0.2, -0.15) is 10.1 Å². The highest BCUT2D eigenvalue weighted by Gasteiger charge is 2.11. The molecule has 2 aromatic carbocycles. The van der Waals surface area contributed by atoms with E-state index in [1.807, 2.05) is 73.3 Å². The predicted molar refractivity (Wildman–Crippen MR) is 104 cm³/mol.